The average molecular weight is 474 g/mol. The lowest BCUT2D eigenvalue weighted by Crippen LogP contribution is -2.31. The number of methoxy groups -OCH3 is 1. The van der Waals surface area contributed by atoms with Crippen LogP contribution in [0.25, 0.3) is 5.76 Å². The second-order valence-corrected chi connectivity index (χ2v) is 8.12. The Morgan fingerprint density at radius 3 is 2.49 bits per heavy atom. The van der Waals surface area contributed by atoms with E-state index in [9.17, 15) is 19.8 Å². The van der Waals surface area contributed by atoms with Crippen molar-refractivity contribution < 1.29 is 29.3 Å². The number of phenolic OH excluding ortho intramolecular Hbond substituents is 1. The molecule has 7 heteroatoms. The number of ether oxygens (including phenoxy) is 2. The van der Waals surface area contributed by atoms with Crippen molar-refractivity contribution in [1.29, 1.82) is 0 Å². The van der Waals surface area contributed by atoms with E-state index in [0.29, 0.717) is 29.9 Å². The van der Waals surface area contributed by atoms with Crippen LogP contribution in [0.2, 0.25) is 0 Å². The maximum absolute atomic E-state index is 13.2. The summed E-state index contributed by atoms with van der Waals surface area (Å²) < 4.78 is 10.8. The van der Waals surface area contributed by atoms with Crippen molar-refractivity contribution in [2.45, 2.75) is 19.4 Å². The summed E-state index contributed by atoms with van der Waals surface area (Å²) in [5.41, 5.74) is 1.90. The van der Waals surface area contributed by atoms with Gasteiger partial charge in [0.25, 0.3) is 11.7 Å². The van der Waals surface area contributed by atoms with Crippen molar-refractivity contribution in [3.63, 3.8) is 0 Å². The van der Waals surface area contributed by atoms with E-state index in [1.54, 1.807) is 43.3 Å². The molecule has 1 atom stereocenters. The van der Waals surface area contributed by atoms with Gasteiger partial charge in [-0.3, -0.25) is 9.59 Å². The zero-order chi connectivity index (χ0) is 24.9. The lowest BCUT2D eigenvalue weighted by atomic mass is 9.94. The average Bonchev–Trinajstić information content (AvgIpc) is 3.14. The smallest absolute Gasteiger partial charge is 0.295 e. The number of aromatic hydroxyl groups is 1. The van der Waals surface area contributed by atoms with Gasteiger partial charge in [-0.1, -0.05) is 48.5 Å². The standard InChI is InChI=1S/C28H27NO6/c1-3-35-23-17-19(12-13-22(23)30)25-24(26(31)20-10-7-11-21(16-20)34-2)27(32)28(33)29(25)15-14-18-8-5-4-6-9-18/h4-13,16-17,25,30-31H,3,14-15H2,1-2H3/b26-24+. The second-order valence-electron chi connectivity index (χ2n) is 8.12. The SMILES string of the molecule is CCOc1cc(C2/C(=C(\O)c3cccc(OC)c3)C(=O)C(=O)N2CCc2ccccc2)ccc1O. The molecule has 0 spiro atoms. The summed E-state index contributed by atoms with van der Waals surface area (Å²) in [6.07, 6.45) is 0.528. The quantitative estimate of drug-likeness (QED) is 0.285. The van der Waals surface area contributed by atoms with Gasteiger partial charge in [-0.15, -0.1) is 0 Å². The van der Waals surface area contributed by atoms with Crippen molar-refractivity contribution in [3.8, 4) is 17.2 Å². The normalized spacial score (nSPS) is 17.0. The first-order valence-corrected chi connectivity index (χ1v) is 11.4. The molecule has 1 amide bonds. The number of likely N-dealkylation sites (tertiary alicyclic amines) is 1. The molecule has 180 valence electrons. The molecular formula is C28H27NO6. The van der Waals surface area contributed by atoms with E-state index in [-0.39, 0.29) is 29.4 Å². The van der Waals surface area contributed by atoms with E-state index >= 15 is 0 Å². The van der Waals surface area contributed by atoms with Gasteiger partial charge < -0.3 is 24.6 Å². The number of carbonyl (C=O) groups excluding carboxylic acids is 2. The van der Waals surface area contributed by atoms with Gasteiger partial charge >= 0.3 is 0 Å². The molecule has 4 rings (SSSR count). The highest BCUT2D eigenvalue weighted by atomic mass is 16.5. The van der Waals surface area contributed by atoms with Crippen LogP contribution in [0.1, 0.15) is 29.7 Å². The van der Waals surface area contributed by atoms with Crippen LogP contribution in [0.4, 0.5) is 0 Å². The fourth-order valence-corrected chi connectivity index (χ4v) is 4.25. The minimum atomic E-state index is -0.857. The lowest BCUT2D eigenvalue weighted by molar-refractivity contribution is -0.139. The van der Waals surface area contributed by atoms with Gasteiger partial charge in [0.1, 0.15) is 11.5 Å². The monoisotopic (exact) mass is 473 g/mol. The number of aliphatic hydroxyl groups is 1. The van der Waals surface area contributed by atoms with E-state index in [2.05, 4.69) is 0 Å². The molecule has 1 aliphatic rings. The zero-order valence-electron chi connectivity index (χ0n) is 19.6. The van der Waals surface area contributed by atoms with Crippen LogP contribution < -0.4 is 9.47 Å². The van der Waals surface area contributed by atoms with Gasteiger partial charge in [-0.05, 0) is 48.7 Å². The number of benzene rings is 3. The molecule has 0 bridgehead atoms. The molecule has 1 saturated heterocycles. The highest BCUT2D eigenvalue weighted by molar-refractivity contribution is 6.46. The van der Waals surface area contributed by atoms with Crippen LogP contribution in [0.3, 0.4) is 0 Å². The molecule has 0 saturated carbocycles. The number of hydrogen-bond acceptors (Lipinski definition) is 6. The van der Waals surface area contributed by atoms with Crippen molar-refractivity contribution in [2.75, 3.05) is 20.3 Å². The van der Waals surface area contributed by atoms with Crippen LogP contribution in [-0.4, -0.2) is 47.1 Å². The summed E-state index contributed by atoms with van der Waals surface area (Å²) in [6, 6.07) is 20.2. The molecule has 2 N–H and O–H groups in total. The Balaban J connectivity index is 1.83. The van der Waals surface area contributed by atoms with Crippen molar-refractivity contribution >= 4 is 17.4 Å². The molecule has 0 aromatic heterocycles. The molecule has 1 fully saturated rings. The summed E-state index contributed by atoms with van der Waals surface area (Å²) in [5.74, 6) is -1.06. The number of Topliss-reactive ketones (excluding diaryl/α,β-unsaturated/α-hetero) is 1. The van der Waals surface area contributed by atoms with Gasteiger partial charge in [-0.25, -0.2) is 0 Å². The van der Waals surface area contributed by atoms with Gasteiger partial charge in [0.2, 0.25) is 0 Å². The van der Waals surface area contributed by atoms with E-state index in [0.717, 1.165) is 5.56 Å². The predicted molar refractivity (Wildman–Crippen MR) is 131 cm³/mol. The summed E-state index contributed by atoms with van der Waals surface area (Å²) in [6.45, 7) is 2.38. The summed E-state index contributed by atoms with van der Waals surface area (Å²) in [4.78, 5) is 27.9. The third-order valence-electron chi connectivity index (χ3n) is 5.97. The van der Waals surface area contributed by atoms with E-state index < -0.39 is 17.7 Å². The third kappa shape index (κ3) is 4.84. The van der Waals surface area contributed by atoms with Gasteiger partial charge in [0, 0.05) is 12.1 Å². The van der Waals surface area contributed by atoms with Gasteiger partial charge in [0.05, 0.1) is 25.3 Å². The maximum atomic E-state index is 13.2. The van der Waals surface area contributed by atoms with Crippen LogP contribution in [0, 0.1) is 0 Å². The Hall–Kier alpha value is -4.26. The molecule has 0 aliphatic carbocycles. The topological polar surface area (TPSA) is 96.3 Å². The summed E-state index contributed by atoms with van der Waals surface area (Å²) in [7, 11) is 1.51. The molecule has 3 aromatic carbocycles. The summed E-state index contributed by atoms with van der Waals surface area (Å²) >= 11 is 0. The van der Waals surface area contributed by atoms with Crippen LogP contribution in [0.5, 0.6) is 17.2 Å². The number of nitrogens with zero attached hydrogens (tertiary/aromatic N) is 1. The molecule has 35 heavy (non-hydrogen) atoms. The van der Waals surface area contributed by atoms with Crippen molar-refractivity contribution in [1.82, 2.24) is 4.90 Å². The largest absolute Gasteiger partial charge is 0.507 e. The number of amides is 1. The van der Waals surface area contributed by atoms with Crippen LogP contribution in [0.15, 0.2) is 78.4 Å². The van der Waals surface area contributed by atoms with E-state index in [1.165, 1.54) is 18.1 Å². The number of aliphatic hydroxyl groups excluding tert-OH is 1. The molecule has 1 heterocycles. The Bertz CT molecular complexity index is 1270. The molecule has 0 radical (unpaired) electrons. The van der Waals surface area contributed by atoms with Gasteiger partial charge in [-0.2, -0.15) is 0 Å². The molecule has 1 aliphatic heterocycles. The van der Waals surface area contributed by atoms with Gasteiger partial charge in [0.15, 0.2) is 11.5 Å². The van der Waals surface area contributed by atoms with E-state index in [1.807, 2.05) is 30.3 Å². The van der Waals surface area contributed by atoms with Crippen LogP contribution >= 0.6 is 0 Å². The first-order valence-electron chi connectivity index (χ1n) is 11.4. The fraction of sp³-hybridized carbons (Fsp3) is 0.214. The predicted octanol–water partition coefficient (Wildman–Crippen LogP) is 4.46. The first-order chi connectivity index (χ1) is 16.9. The van der Waals surface area contributed by atoms with Crippen LogP contribution in [-0.2, 0) is 16.0 Å². The minimum Gasteiger partial charge on any atom is -0.507 e. The highest BCUT2D eigenvalue weighted by Gasteiger charge is 2.46. The number of rotatable bonds is 8. The number of phenols is 1. The van der Waals surface area contributed by atoms with E-state index in [4.69, 9.17) is 9.47 Å². The molecule has 7 nitrogen and oxygen atoms in total. The molecule has 1 unspecified atom stereocenters. The zero-order valence-corrected chi connectivity index (χ0v) is 19.6. The second kappa shape index (κ2) is 10.3. The number of carbonyl (C=O) groups is 2. The minimum absolute atomic E-state index is 0.0237. The third-order valence-corrected chi connectivity index (χ3v) is 5.97. The van der Waals surface area contributed by atoms with Crippen molar-refractivity contribution in [2.24, 2.45) is 0 Å². The molecule has 3 aromatic rings. The van der Waals surface area contributed by atoms with Crippen molar-refractivity contribution in [3.05, 3.63) is 95.1 Å². The maximum Gasteiger partial charge on any atom is 0.295 e. The highest BCUT2D eigenvalue weighted by Crippen LogP contribution is 2.42. The fourth-order valence-electron chi connectivity index (χ4n) is 4.25. The number of ketones is 1. The number of hydrogen-bond donors (Lipinski definition) is 2. The lowest BCUT2D eigenvalue weighted by Gasteiger charge is -2.26. The summed E-state index contributed by atoms with van der Waals surface area (Å²) in [5, 5.41) is 21.4. The Morgan fingerprint density at radius 2 is 1.77 bits per heavy atom. The molecular weight excluding hydrogens is 446 g/mol. The first kappa shape index (κ1) is 23.9. The Kier molecular flexibility index (Phi) is 7.06. The Morgan fingerprint density at radius 1 is 1.00 bits per heavy atom. The Labute approximate surface area is 203 Å².